The molecule has 1 aliphatic rings. The minimum atomic E-state index is -0.970. The molecule has 18 heavy (non-hydrogen) atoms. The van der Waals surface area contributed by atoms with E-state index in [-0.39, 0.29) is 5.82 Å². The van der Waals surface area contributed by atoms with E-state index in [1.165, 1.54) is 25.0 Å². The largest absolute Gasteiger partial charge is 0.385 e. The summed E-state index contributed by atoms with van der Waals surface area (Å²) in [5.74, 6) is -0.276. The van der Waals surface area contributed by atoms with Crippen LogP contribution in [0, 0.1) is 12.7 Å². The van der Waals surface area contributed by atoms with Gasteiger partial charge in [0.25, 0.3) is 0 Å². The van der Waals surface area contributed by atoms with Crippen molar-refractivity contribution in [3.63, 3.8) is 0 Å². The van der Waals surface area contributed by atoms with Gasteiger partial charge in [0.05, 0.1) is 5.60 Å². The first-order valence-corrected chi connectivity index (χ1v) is 6.71. The predicted molar refractivity (Wildman–Crippen MR) is 71.0 cm³/mol. The molecule has 2 N–H and O–H groups in total. The Balaban J connectivity index is 2.13. The predicted octanol–water partition coefficient (Wildman–Crippen LogP) is 2.87. The zero-order valence-corrected chi connectivity index (χ0v) is 11.2. The van der Waals surface area contributed by atoms with Crippen molar-refractivity contribution >= 4 is 0 Å². The third-order valence-corrected chi connectivity index (χ3v) is 3.72. The summed E-state index contributed by atoms with van der Waals surface area (Å²) in [6.07, 6.45) is 4.13. The molecular formula is C15H22FNO. The molecule has 2 unspecified atom stereocenters. The average Bonchev–Trinajstić information content (AvgIpc) is 2.28. The molecule has 1 heterocycles. The van der Waals surface area contributed by atoms with Crippen LogP contribution in [0.5, 0.6) is 0 Å². The molecule has 2 rings (SSSR count). The molecule has 2 atom stereocenters. The fourth-order valence-corrected chi connectivity index (χ4v) is 2.74. The van der Waals surface area contributed by atoms with Crippen molar-refractivity contribution in [3.8, 4) is 0 Å². The van der Waals surface area contributed by atoms with E-state index in [1.54, 1.807) is 6.92 Å². The summed E-state index contributed by atoms with van der Waals surface area (Å²) in [6.45, 7) is 4.64. The normalized spacial score (nSPS) is 23.7. The minimum absolute atomic E-state index is 0.276. The number of aryl methyl sites for hydroxylation is 1. The smallest absolute Gasteiger partial charge is 0.123 e. The van der Waals surface area contributed by atoms with Crippen LogP contribution in [-0.2, 0) is 5.60 Å². The number of hydrogen-bond donors (Lipinski definition) is 2. The number of nitrogens with one attached hydrogen (secondary N) is 1. The zero-order valence-electron chi connectivity index (χ0n) is 11.2. The van der Waals surface area contributed by atoms with Crippen LogP contribution < -0.4 is 5.32 Å². The highest BCUT2D eigenvalue weighted by Gasteiger charge is 2.28. The second kappa shape index (κ2) is 5.37. The Hall–Kier alpha value is -0.930. The Bertz CT molecular complexity index is 391. The lowest BCUT2D eigenvalue weighted by Crippen LogP contribution is -2.39. The second-order valence-electron chi connectivity index (χ2n) is 5.64. The quantitative estimate of drug-likeness (QED) is 0.865. The number of halogens is 1. The number of rotatable bonds is 3. The van der Waals surface area contributed by atoms with Crippen LogP contribution in [0.4, 0.5) is 4.39 Å². The summed E-state index contributed by atoms with van der Waals surface area (Å²) < 4.78 is 13.4. The van der Waals surface area contributed by atoms with E-state index in [9.17, 15) is 9.50 Å². The van der Waals surface area contributed by atoms with Gasteiger partial charge in [-0.15, -0.1) is 0 Å². The van der Waals surface area contributed by atoms with E-state index in [2.05, 4.69) is 5.32 Å². The number of aliphatic hydroxyl groups is 1. The Labute approximate surface area is 108 Å². The number of benzene rings is 1. The topological polar surface area (TPSA) is 32.3 Å². The minimum Gasteiger partial charge on any atom is -0.385 e. The summed E-state index contributed by atoms with van der Waals surface area (Å²) in [7, 11) is 0. The first-order chi connectivity index (χ1) is 8.47. The molecule has 1 aromatic carbocycles. The fraction of sp³-hybridized carbons (Fsp3) is 0.600. The molecule has 100 valence electrons. The van der Waals surface area contributed by atoms with Gasteiger partial charge in [-0.3, -0.25) is 0 Å². The lowest BCUT2D eigenvalue weighted by atomic mass is 9.86. The van der Waals surface area contributed by atoms with Crippen LogP contribution >= 0.6 is 0 Å². The van der Waals surface area contributed by atoms with Crippen LogP contribution in [0.1, 0.15) is 43.7 Å². The molecule has 0 saturated carbocycles. The number of hydrogen-bond acceptors (Lipinski definition) is 2. The molecule has 1 aromatic rings. The summed E-state index contributed by atoms with van der Waals surface area (Å²) >= 11 is 0. The molecule has 3 heteroatoms. The van der Waals surface area contributed by atoms with Gasteiger partial charge in [-0.2, -0.15) is 0 Å². The molecule has 1 saturated heterocycles. The van der Waals surface area contributed by atoms with Gasteiger partial charge in [0.2, 0.25) is 0 Å². The van der Waals surface area contributed by atoms with E-state index >= 15 is 0 Å². The van der Waals surface area contributed by atoms with Crippen LogP contribution in [0.15, 0.2) is 18.2 Å². The Morgan fingerprint density at radius 3 is 2.78 bits per heavy atom. The van der Waals surface area contributed by atoms with Gasteiger partial charge in [-0.25, -0.2) is 4.39 Å². The fourth-order valence-electron chi connectivity index (χ4n) is 2.74. The molecule has 0 aliphatic carbocycles. The van der Waals surface area contributed by atoms with Crippen molar-refractivity contribution in [1.29, 1.82) is 0 Å². The van der Waals surface area contributed by atoms with Crippen LogP contribution in [0.3, 0.4) is 0 Å². The average molecular weight is 251 g/mol. The molecule has 0 bridgehead atoms. The third-order valence-electron chi connectivity index (χ3n) is 3.72. The van der Waals surface area contributed by atoms with Gasteiger partial charge >= 0.3 is 0 Å². The van der Waals surface area contributed by atoms with Gasteiger partial charge in [-0.05, 0) is 62.9 Å². The SMILES string of the molecule is Cc1cc(F)cc(C(C)(O)CC2CCCCN2)c1. The summed E-state index contributed by atoms with van der Waals surface area (Å²) in [5.41, 5.74) is 0.552. The monoisotopic (exact) mass is 251 g/mol. The lowest BCUT2D eigenvalue weighted by molar-refractivity contribution is 0.0329. The second-order valence-corrected chi connectivity index (χ2v) is 5.64. The Morgan fingerprint density at radius 2 is 2.17 bits per heavy atom. The lowest BCUT2D eigenvalue weighted by Gasteiger charge is -2.32. The van der Waals surface area contributed by atoms with Crippen molar-refractivity contribution < 1.29 is 9.50 Å². The Morgan fingerprint density at radius 1 is 1.39 bits per heavy atom. The first-order valence-electron chi connectivity index (χ1n) is 6.71. The maximum absolute atomic E-state index is 13.4. The molecule has 0 radical (unpaired) electrons. The van der Waals surface area contributed by atoms with Crippen LogP contribution in [0.25, 0.3) is 0 Å². The highest BCUT2D eigenvalue weighted by Crippen LogP contribution is 2.29. The van der Waals surface area contributed by atoms with Crippen molar-refractivity contribution in [2.24, 2.45) is 0 Å². The van der Waals surface area contributed by atoms with Gasteiger partial charge < -0.3 is 10.4 Å². The summed E-state index contributed by atoms with van der Waals surface area (Å²) in [5, 5.41) is 14.0. The maximum atomic E-state index is 13.4. The zero-order chi connectivity index (χ0) is 13.2. The Kier molecular flexibility index (Phi) is 4.03. The van der Waals surface area contributed by atoms with Gasteiger partial charge in [0, 0.05) is 6.04 Å². The van der Waals surface area contributed by atoms with E-state index in [0.717, 1.165) is 18.5 Å². The van der Waals surface area contributed by atoms with Crippen molar-refractivity contribution in [2.75, 3.05) is 6.54 Å². The van der Waals surface area contributed by atoms with Crippen LogP contribution in [0.2, 0.25) is 0 Å². The van der Waals surface area contributed by atoms with E-state index < -0.39 is 5.60 Å². The summed E-state index contributed by atoms with van der Waals surface area (Å²) in [4.78, 5) is 0. The highest BCUT2D eigenvalue weighted by atomic mass is 19.1. The summed E-state index contributed by atoms with van der Waals surface area (Å²) in [6, 6.07) is 5.12. The molecule has 2 nitrogen and oxygen atoms in total. The number of piperidine rings is 1. The molecule has 0 amide bonds. The standard InChI is InChI=1S/C15H22FNO/c1-11-7-12(9-13(16)8-11)15(2,18)10-14-5-3-4-6-17-14/h7-9,14,17-18H,3-6,10H2,1-2H3. The van der Waals surface area contributed by atoms with Gasteiger partial charge in [0.1, 0.15) is 5.82 Å². The van der Waals surface area contributed by atoms with Gasteiger partial charge in [-0.1, -0.05) is 12.5 Å². The van der Waals surface area contributed by atoms with Crippen molar-refractivity contribution in [1.82, 2.24) is 5.32 Å². The third kappa shape index (κ3) is 3.30. The van der Waals surface area contributed by atoms with Gasteiger partial charge in [0.15, 0.2) is 0 Å². The molecular weight excluding hydrogens is 229 g/mol. The highest BCUT2D eigenvalue weighted by molar-refractivity contribution is 5.28. The van der Waals surface area contributed by atoms with Crippen molar-refractivity contribution in [2.45, 2.75) is 51.2 Å². The van der Waals surface area contributed by atoms with E-state index in [0.29, 0.717) is 18.0 Å². The van der Waals surface area contributed by atoms with E-state index in [4.69, 9.17) is 0 Å². The molecule has 0 aromatic heterocycles. The maximum Gasteiger partial charge on any atom is 0.123 e. The van der Waals surface area contributed by atoms with E-state index in [1.807, 2.05) is 13.0 Å². The molecule has 0 spiro atoms. The van der Waals surface area contributed by atoms with Crippen molar-refractivity contribution in [3.05, 3.63) is 35.1 Å². The first kappa shape index (κ1) is 13.5. The molecule has 1 aliphatic heterocycles. The molecule has 1 fully saturated rings. The van der Waals surface area contributed by atoms with Crippen LogP contribution in [-0.4, -0.2) is 17.7 Å².